The molecule has 0 aromatic carbocycles. The van der Waals surface area contributed by atoms with Crippen LogP contribution in [0.15, 0.2) is 4.90 Å². The number of nitrogens with zero attached hydrogens (tertiary/aromatic N) is 2. The van der Waals surface area contributed by atoms with E-state index < -0.39 is 0 Å². The summed E-state index contributed by atoms with van der Waals surface area (Å²) in [6.07, 6.45) is 1.98. The van der Waals surface area contributed by atoms with E-state index in [1.165, 1.54) is 11.3 Å². The molecule has 0 saturated heterocycles. The third kappa shape index (κ3) is 3.77. The maximum atomic E-state index is 11.8. The number of likely N-dealkylation sites (N-methyl/N-ethyl adjacent to an activating group) is 2. The Morgan fingerprint density at radius 3 is 2.47 bits per heavy atom. The number of amides is 1. The Kier molecular flexibility index (Phi) is 5.96. The zero-order valence-corrected chi connectivity index (χ0v) is 13.7. The first-order chi connectivity index (χ1) is 8.92. The van der Waals surface area contributed by atoms with Gasteiger partial charge in [0.05, 0.1) is 10.6 Å². The van der Waals surface area contributed by atoms with Crippen LogP contribution in [0.1, 0.15) is 9.67 Å². The van der Waals surface area contributed by atoms with Crippen LogP contribution in [-0.2, 0) is 0 Å². The van der Waals surface area contributed by atoms with Crippen molar-refractivity contribution in [2.45, 2.75) is 4.90 Å². The van der Waals surface area contributed by atoms with E-state index in [-0.39, 0.29) is 5.91 Å². The molecule has 19 heavy (non-hydrogen) atoms. The molecule has 1 heterocycles. The number of carbonyl (C=O) groups excluding carboxylic acids is 1. The topological polar surface area (TPSA) is 61.6 Å². The van der Waals surface area contributed by atoms with Crippen LogP contribution < -0.4 is 16.0 Å². The molecule has 0 aliphatic heterocycles. The molecule has 1 rings (SSSR count). The molecule has 0 spiro atoms. The van der Waals surface area contributed by atoms with Crippen molar-refractivity contribution in [1.29, 1.82) is 0 Å². The lowest BCUT2D eigenvalue weighted by Crippen LogP contribution is -2.28. The summed E-state index contributed by atoms with van der Waals surface area (Å²) in [6.45, 7) is 1.85. The fraction of sp³-hybridized carbons (Fsp3) is 0.583. The predicted octanol–water partition coefficient (Wildman–Crippen LogP) is 1.41. The van der Waals surface area contributed by atoms with E-state index in [9.17, 15) is 4.79 Å². The summed E-state index contributed by atoms with van der Waals surface area (Å²) < 4.78 is 0. The van der Waals surface area contributed by atoms with Gasteiger partial charge in [0, 0.05) is 27.2 Å². The van der Waals surface area contributed by atoms with Gasteiger partial charge in [0.25, 0.3) is 5.91 Å². The van der Waals surface area contributed by atoms with Crippen molar-refractivity contribution in [3.63, 3.8) is 0 Å². The maximum absolute atomic E-state index is 11.8. The molecule has 0 aliphatic carbocycles. The van der Waals surface area contributed by atoms with Crippen molar-refractivity contribution in [3.8, 4) is 0 Å². The highest BCUT2D eigenvalue weighted by Crippen LogP contribution is 2.43. The number of carbonyl (C=O) groups is 1. The molecule has 0 unspecified atom stereocenters. The SMILES string of the molecule is CNC(=O)c1sc(N(C)CCN(C)C)c(SC)c1N. The quantitative estimate of drug-likeness (QED) is 0.778. The molecule has 1 amide bonds. The maximum Gasteiger partial charge on any atom is 0.263 e. The highest BCUT2D eigenvalue weighted by molar-refractivity contribution is 7.99. The fourth-order valence-corrected chi connectivity index (χ4v) is 3.74. The van der Waals surface area contributed by atoms with Gasteiger partial charge in [0.15, 0.2) is 0 Å². The largest absolute Gasteiger partial charge is 0.396 e. The molecule has 7 heteroatoms. The first-order valence-corrected chi connectivity index (χ1v) is 8.00. The van der Waals surface area contributed by atoms with Crippen molar-refractivity contribution in [2.24, 2.45) is 0 Å². The van der Waals surface area contributed by atoms with Crippen molar-refractivity contribution < 1.29 is 4.79 Å². The Balaban J connectivity index is 3.03. The molecular weight excluding hydrogens is 280 g/mol. The van der Waals surface area contributed by atoms with Gasteiger partial charge in [-0.2, -0.15) is 0 Å². The highest BCUT2D eigenvalue weighted by Gasteiger charge is 2.21. The minimum atomic E-state index is -0.120. The first-order valence-electron chi connectivity index (χ1n) is 5.96. The van der Waals surface area contributed by atoms with Crippen LogP contribution in [0.25, 0.3) is 0 Å². The second-order valence-corrected chi connectivity index (χ2v) is 6.30. The van der Waals surface area contributed by atoms with Crippen LogP contribution in [0.4, 0.5) is 10.7 Å². The second-order valence-electron chi connectivity index (χ2n) is 4.49. The normalized spacial score (nSPS) is 10.8. The van der Waals surface area contributed by atoms with E-state index in [0.717, 1.165) is 23.0 Å². The van der Waals surface area contributed by atoms with Crippen molar-refractivity contribution in [1.82, 2.24) is 10.2 Å². The van der Waals surface area contributed by atoms with E-state index in [1.807, 2.05) is 27.4 Å². The summed E-state index contributed by atoms with van der Waals surface area (Å²) >= 11 is 3.04. The van der Waals surface area contributed by atoms with E-state index >= 15 is 0 Å². The van der Waals surface area contributed by atoms with Crippen molar-refractivity contribution in [2.75, 3.05) is 58.2 Å². The number of hydrogen-bond acceptors (Lipinski definition) is 6. The summed E-state index contributed by atoms with van der Waals surface area (Å²) in [4.78, 5) is 17.7. The van der Waals surface area contributed by atoms with Crippen molar-refractivity contribution >= 4 is 39.7 Å². The van der Waals surface area contributed by atoms with Crippen LogP contribution in [0.5, 0.6) is 0 Å². The van der Waals surface area contributed by atoms with Crippen LogP contribution in [0.3, 0.4) is 0 Å². The summed E-state index contributed by atoms with van der Waals surface area (Å²) in [5.74, 6) is -0.120. The monoisotopic (exact) mass is 302 g/mol. The minimum absolute atomic E-state index is 0.120. The van der Waals surface area contributed by atoms with Crippen LogP contribution in [0.2, 0.25) is 0 Å². The molecule has 0 aliphatic rings. The lowest BCUT2D eigenvalue weighted by molar-refractivity contribution is 0.0968. The van der Waals surface area contributed by atoms with E-state index in [1.54, 1.807) is 18.8 Å². The van der Waals surface area contributed by atoms with Gasteiger partial charge in [-0.15, -0.1) is 23.1 Å². The number of rotatable bonds is 6. The van der Waals surface area contributed by atoms with Crippen molar-refractivity contribution in [3.05, 3.63) is 4.88 Å². The van der Waals surface area contributed by atoms with E-state index in [4.69, 9.17) is 5.73 Å². The smallest absolute Gasteiger partial charge is 0.263 e. The number of anilines is 2. The Hall–Kier alpha value is -0.920. The molecule has 0 radical (unpaired) electrons. The molecule has 3 N–H and O–H groups in total. The number of thioether (sulfide) groups is 1. The lowest BCUT2D eigenvalue weighted by Gasteiger charge is -2.21. The Morgan fingerprint density at radius 1 is 1.37 bits per heavy atom. The first kappa shape index (κ1) is 16.1. The number of nitrogens with one attached hydrogen (secondary N) is 1. The van der Waals surface area contributed by atoms with Gasteiger partial charge < -0.3 is 20.9 Å². The predicted molar refractivity (Wildman–Crippen MR) is 85.7 cm³/mol. The molecule has 1 aromatic heterocycles. The number of thiophene rings is 1. The fourth-order valence-electron chi connectivity index (χ4n) is 1.60. The van der Waals surface area contributed by atoms with Gasteiger partial charge >= 0.3 is 0 Å². The standard InChI is InChI=1S/C12H22N4OS2/c1-14-11(17)9-8(13)10(18-5)12(19-9)16(4)7-6-15(2)3/h6-7,13H2,1-5H3,(H,14,17). The highest BCUT2D eigenvalue weighted by atomic mass is 32.2. The van der Waals surface area contributed by atoms with E-state index in [2.05, 4.69) is 15.1 Å². The second kappa shape index (κ2) is 7.02. The third-order valence-electron chi connectivity index (χ3n) is 2.75. The van der Waals surface area contributed by atoms with Crippen LogP contribution >= 0.6 is 23.1 Å². The summed E-state index contributed by atoms with van der Waals surface area (Å²) in [5, 5.41) is 3.69. The molecule has 0 bridgehead atoms. The van der Waals surface area contributed by atoms with Gasteiger partial charge in [-0.05, 0) is 20.4 Å². The zero-order valence-electron chi connectivity index (χ0n) is 12.1. The Morgan fingerprint density at radius 2 is 2.00 bits per heavy atom. The molecule has 108 valence electrons. The van der Waals surface area contributed by atoms with Gasteiger partial charge in [-0.1, -0.05) is 0 Å². The van der Waals surface area contributed by atoms with Gasteiger partial charge in [0.1, 0.15) is 9.88 Å². The number of nitrogen functional groups attached to an aromatic ring is 1. The zero-order chi connectivity index (χ0) is 14.6. The van der Waals surface area contributed by atoms with E-state index in [0.29, 0.717) is 10.6 Å². The molecule has 5 nitrogen and oxygen atoms in total. The molecule has 1 aromatic rings. The number of hydrogen-bond donors (Lipinski definition) is 2. The Bertz CT molecular complexity index is 445. The van der Waals surface area contributed by atoms with Gasteiger partial charge in [-0.3, -0.25) is 4.79 Å². The van der Waals surface area contributed by atoms with Crippen LogP contribution in [-0.4, -0.2) is 58.3 Å². The molecular formula is C12H22N4OS2. The summed E-state index contributed by atoms with van der Waals surface area (Å²) in [5.41, 5.74) is 6.66. The number of nitrogens with two attached hydrogens (primary N) is 1. The Labute approximate surface area is 123 Å². The summed E-state index contributed by atoms with van der Waals surface area (Å²) in [7, 11) is 7.74. The summed E-state index contributed by atoms with van der Waals surface area (Å²) in [6, 6.07) is 0. The van der Waals surface area contributed by atoms with Gasteiger partial charge in [-0.25, -0.2) is 0 Å². The molecule has 0 saturated carbocycles. The van der Waals surface area contributed by atoms with Crippen LogP contribution in [0, 0.1) is 0 Å². The lowest BCUT2D eigenvalue weighted by atomic mass is 10.3. The molecule has 0 atom stereocenters. The average molecular weight is 302 g/mol. The average Bonchev–Trinajstić information content (AvgIpc) is 2.72. The molecule has 0 fully saturated rings. The minimum Gasteiger partial charge on any atom is -0.396 e. The van der Waals surface area contributed by atoms with Gasteiger partial charge in [0.2, 0.25) is 0 Å². The third-order valence-corrected chi connectivity index (χ3v) is 5.02.